The standard InChI is InChI=1S/C24H16ClN3O4S/c1-16-6-5-13-28-22(16)27-23(32-18-7-3-2-4-8-18)21(24(28)29)14-20(15-26)33(30,31)19-11-9-17(25)10-12-19/h2-14H,1H3. The molecule has 4 aromatic rings. The first kappa shape index (κ1) is 22.3. The molecule has 0 fully saturated rings. The SMILES string of the molecule is Cc1cccn2c(=O)c(C=C(C#N)S(=O)(=O)c3ccc(Cl)cc3)c(Oc3ccccc3)nc12. The van der Waals surface area contributed by atoms with Crippen molar-refractivity contribution in [1.82, 2.24) is 9.38 Å². The molecule has 0 radical (unpaired) electrons. The van der Waals surface area contributed by atoms with Crippen LogP contribution >= 0.6 is 11.6 Å². The van der Waals surface area contributed by atoms with Crippen molar-refractivity contribution in [2.45, 2.75) is 11.8 Å². The third kappa shape index (κ3) is 4.37. The molecular formula is C24H16ClN3O4S. The van der Waals surface area contributed by atoms with Crippen LogP contribution in [0, 0.1) is 18.3 Å². The Kier molecular flexibility index (Phi) is 6.01. The van der Waals surface area contributed by atoms with Gasteiger partial charge >= 0.3 is 0 Å². The van der Waals surface area contributed by atoms with Crippen LogP contribution in [0.25, 0.3) is 11.7 Å². The zero-order chi connectivity index (χ0) is 23.6. The van der Waals surface area contributed by atoms with E-state index in [2.05, 4.69) is 4.98 Å². The van der Waals surface area contributed by atoms with Crippen molar-refractivity contribution >= 4 is 33.2 Å². The first-order chi connectivity index (χ1) is 15.8. The molecular weight excluding hydrogens is 462 g/mol. The first-order valence-corrected chi connectivity index (χ1v) is 11.5. The van der Waals surface area contributed by atoms with E-state index in [9.17, 15) is 18.5 Å². The zero-order valence-corrected chi connectivity index (χ0v) is 18.8. The van der Waals surface area contributed by atoms with E-state index in [0.717, 1.165) is 11.6 Å². The summed E-state index contributed by atoms with van der Waals surface area (Å²) in [6.45, 7) is 1.79. The van der Waals surface area contributed by atoms with Crippen molar-refractivity contribution in [3.8, 4) is 17.7 Å². The van der Waals surface area contributed by atoms with E-state index in [0.29, 0.717) is 16.4 Å². The van der Waals surface area contributed by atoms with Gasteiger partial charge in [0.15, 0.2) is 0 Å². The van der Waals surface area contributed by atoms with Crippen molar-refractivity contribution in [3.63, 3.8) is 0 Å². The fourth-order valence-corrected chi connectivity index (χ4v) is 4.40. The molecule has 2 aromatic heterocycles. The van der Waals surface area contributed by atoms with Crippen LogP contribution in [0.4, 0.5) is 0 Å². The smallest absolute Gasteiger partial charge is 0.269 e. The van der Waals surface area contributed by atoms with E-state index in [1.54, 1.807) is 55.5 Å². The van der Waals surface area contributed by atoms with Crippen LogP contribution in [0.15, 0.2) is 87.5 Å². The Hall–Kier alpha value is -3.93. The minimum Gasteiger partial charge on any atom is -0.438 e. The van der Waals surface area contributed by atoms with Crippen molar-refractivity contribution < 1.29 is 13.2 Å². The Morgan fingerprint density at radius 2 is 1.79 bits per heavy atom. The molecule has 33 heavy (non-hydrogen) atoms. The highest BCUT2D eigenvalue weighted by Crippen LogP contribution is 2.27. The minimum atomic E-state index is -4.22. The number of para-hydroxylation sites is 1. The second-order valence-electron chi connectivity index (χ2n) is 7.01. The van der Waals surface area contributed by atoms with Gasteiger partial charge in [0.2, 0.25) is 15.7 Å². The first-order valence-electron chi connectivity index (χ1n) is 9.68. The molecule has 7 nitrogen and oxygen atoms in total. The molecule has 0 N–H and O–H groups in total. The van der Waals surface area contributed by atoms with Crippen LogP contribution in [0.2, 0.25) is 5.02 Å². The lowest BCUT2D eigenvalue weighted by Gasteiger charge is -2.11. The lowest BCUT2D eigenvalue weighted by atomic mass is 10.2. The van der Waals surface area contributed by atoms with Crippen LogP contribution in [0.3, 0.4) is 0 Å². The number of rotatable bonds is 5. The monoisotopic (exact) mass is 477 g/mol. The molecule has 0 aliphatic heterocycles. The number of halogens is 1. The number of pyridine rings is 1. The number of hydrogen-bond donors (Lipinski definition) is 0. The summed E-state index contributed by atoms with van der Waals surface area (Å²) < 4.78 is 33.3. The van der Waals surface area contributed by atoms with Crippen LogP contribution in [-0.4, -0.2) is 17.8 Å². The average molecular weight is 478 g/mol. The number of nitrogens with zero attached hydrogens (tertiary/aromatic N) is 3. The van der Waals surface area contributed by atoms with Gasteiger partial charge in [-0.05, 0) is 61.0 Å². The van der Waals surface area contributed by atoms with Crippen molar-refractivity contribution in [3.05, 3.63) is 104 Å². The molecule has 0 aliphatic rings. The van der Waals surface area contributed by atoms with Gasteiger partial charge in [-0.3, -0.25) is 9.20 Å². The van der Waals surface area contributed by atoms with Gasteiger partial charge in [-0.15, -0.1) is 0 Å². The van der Waals surface area contributed by atoms with Gasteiger partial charge in [0.05, 0.1) is 4.90 Å². The molecule has 0 saturated carbocycles. The quantitative estimate of drug-likeness (QED) is 0.383. The molecule has 0 aliphatic carbocycles. The van der Waals surface area contributed by atoms with Crippen LogP contribution in [0.1, 0.15) is 11.1 Å². The van der Waals surface area contributed by atoms with Gasteiger partial charge in [0.25, 0.3) is 5.56 Å². The number of aromatic nitrogens is 2. The summed E-state index contributed by atoms with van der Waals surface area (Å²) in [5.74, 6) is 0.288. The topological polar surface area (TPSA) is 102 Å². The fourth-order valence-electron chi connectivity index (χ4n) is 3.14. The molecule has 0 spiro atoms. The predicted octanol–water partition coefficient (Wildman–Crippen LogP) is 4.79. The number of aryl methyl sites for hydroxylation is 1. The van der Waals surface area contributed by atoms with Crippen LogP contribution < -0.4 is 10.3 Å². The summed E-state index contributed by atoms with van der Waals surface area (Å²) in [4.78, 5) is 17.0. The van der Waals surface area contributed by atoms with Gasteiger partial charge < -0.3 is 4.74 Å². The highest BCUT2D eigenvalue weighted by molar-refractivity contribution is 7.95. The molecule has 0 unspecified atom stereocenters. The van der Waals surface area contributed by atoms with E-state index in [1.807, 2.05) is 0 Å². The molecule has 0 atom stereocenters. The number of sulfone groups is 1. The average Bonchev–Trinajstić information content (AvgIpc) is 2.80. The minimum absolute atomic E-state index is 0.112. The summed E-state index contributed by atoms with van der Waals surface area (Å²) in [5, 5.41) is 10.0. The molecule has 9 heteroatoms. The lowest BCUT2D eigenvalue weighted by molar-refractivity contribution is 0.461. The Balaban J connectivity index is 1.96. The van der Waals surface area contributed by atoms with Gasteiger partial charge in [-0.1, -0.05) is 35.9 Å². The van der Waals surface area contributed by atoms with Gasteiger partial charge in [0, 0.05) is 11.2 Å². The number of benzene rings is 2. The summed E-state index contributed by atoms with van der Waals surface area (Å²) >= 11 is 5.85. The number of nitriles is 1. The summed E-state index contributed by atoms with van der Waals surface area (Å²) in [6, 6.07) is 19.2. The molecule has 0 saturated heterocycles. The van der Waals surface area contributed by atoms with Crippen molar-refractivity contribution in [1.29, 1.82) is 5.26 Å². The van der Waals surface area contributed by atoms with Crippen molar-refractivity contribution in [2.75, 3.05) is 0 Å². The van der Waals surface area contributed by atoms with Gasteiger partial charge in [-0.2, -0.15) is 10.2 Å². The zero-order valence-electron chi connectivity index (χ0n) is 17.3. The number of ether oxygens (including phenoxy) is 1. The van der Waals surface area contributed by atoms with E-state index in [4.69, 9.17) is 16.3 Å². The molecule has 164 valence electrons. The highest BCUT2D eigenvalue weighted by atomic mass is 35.5. The predicted molar refractivity (Wildman–Crippen MR) is 125 cm³/mol. The molecule has 0 bridgehead atoms. The Bertz CT molecular complexity index is 1590. The van der Waals surface area contributed by atoms with Gasteiger partial charge in [-0.25, -0.2) is 8.42 Å². The van der Waals surface area contributed by atoms with Crippen LogP contribution in [0.5, 0.6) is 11.6 Å². The summed E-state index contributed by atoms with van der Waals surface area (Å²) in [5.41, 5.74) is 0.326. The fraction of sp³-hybridized carbons (Fsp3) is 0.0417. The second-order valence-corrected chi connectivity index (χ2v) is 9.37. The largest absolute Gasteiger partial charge is 0.438 e. The Morgan fingerprint density at radius 3 is 2.45 bits per heavy atom. The molecule has 4 rings (SSSR count). The van der Waals surface area contributed by atoms with E-state index >= 15 is 0 Å². The van der Waals surface area contributed by atoms with Crippen LogP contribution in [-0.2, 0) is 9.84 Å². The maximum absolute atomic E-state index is 13.3. The maximum Gasteiger partial charge on any atom is 0.269 e. The highest BCUT2D eigenvalue weighted by Gasteiger charge is 2.24. The molecule has 0 amide bonds. The number of hydrogen-bond acceptors (Lipinski definition) is 6. The Labute approximate surface area is 194 Å². The van der Waals surface area contributed by atoms with E-state index < -0.39 is 20.3 Å². The number of fused-ring (bicyclic) bond motifs is 1. The summed E-state index contributed by atoms with van der Waals surface area (Å²) in [6.07, 6.45) is 2.51. The third-order valence-electron chi connectivity index (χ3n) is 4.81. The molecule has 2 aromatic carbocycles. The third-order valence-corrected chi connectivity index (χ3v) is 6.74. The van der Waals surface area contributed by atoms with E-state index in [-0.39, 0.29) is 16.3 Å². The summed E-state index contributed by atoms with van der Waals surface area (Å²) in [7, 11) is -4.22. The second kappa shape index (κ2) is 8.90. The van der Waals surface area contributed by atoms with E-state index in [1.165, 1.54) is 34.9 Å². The lowest BCUT2D eigenvalue weighted by Crippen LogP contribution is -2.20. The Morgan fingerprint density at radius 1 is 1.09 bits per heavy atom. The van der Waals surface area contributed by atoms with Crippen molar-refractivity contribution in [2.24, 2.45) is 0 Å². The maximum atomic E-state index is 13.3. The number of allylic oxidation sites excluding steroid dienone is 1. The molecule has 2 heterocycles. The normalized spacial score (nSPS) is 11.8. The van der Waals surface area contributed by atoms with Gasteiger partial charge in [0.1, 0.15) is 27.9 Å².